The molecule has 1 saturated heterocycles. The van der Waals surface area contributed by atoms with Gasteiger partial charge in [-0.25, -0.2) is 9.59 Å². The van der Waals surface area contributed by atoms with Gasteiger partial charge in [0, 0.05) is 32.2 Å². The van der Waals surface area contributed by atoms with E-state index in [0.29, 0.717) is 24.5 Å². The summed E-state index contributed by atoms with van der Waals surface area (Å²) in [5, 5.41) is 9.07. The van der Waals surface area contributed by atoms with E-state index in [4.69, 9.17) is 14.6 Å². The zero-order valence-electron chi connectivity index (χ0n) is 16.8. The van der Waals surface area contributed by atoms with Gasteiger partial charge >= 0.3 is 12.1 Å². The van der Waals surface area contributed by atoms with Crippen molar-refractivity contribution < 1.29 is 24.2 Å². The Bertz CT molecular complexity index is 683. The molecule has 0 aliphatic carbocycles. The summed E-state index contributed by atoms with van der Waals surface area (Å²) < 4.78 is 11.2. The number of carboxylic acid groups (broad SMARTS) is 1. The van der Waals surface area contributed by atoms with Crippen LogP contribution in [0.25, 0.3) is 0 Å². The van der Waals surface area contributed by atoms with E-state index < -0.39 is 11.6 Å². The molecule has 0 bridgehead atoms. The van der Waals surface area contributed by atoms with Gasteiger partial charge in [0.2, 0.25) is 0 Å². The largest absolute Gasteiger partial charge is 0.492 e. The number of aromatic carboxylic acids is 1. The highest BCUT2D eigenvalue weighted by atomic mass is 16.6. The predicted octanol–water partition coefficient (Wildman–Crippen LogP) is 3.01. The molecule has 1 fully saturated rings. The number of piperazine rings is 1. The first-order chi connectivity index (χ1) is 12.6. The summed E-state index contributed by atoms with van der Waals surface area (Å²) in [6.45, 7) is 12.8. The van der Waals surface area contributed by atoms with Crippen LogP contribution in [-0.4, -0.2) is 71.4 Å². The van der Waals surface area contributed by atoms with Gasteiger partial charge in [-0.2, -0.15) is 0 Å². The Labute approximate surface area is 160 Å². The summed E-state index contributed by atoms with van der Waals surface area (Å²) in [5.74, 6) is -0.270. The number of carbonyl (C=O) groups excluding carboxylic acids is 1. The number of hydrogen-bond donors (Lipinski definition) is 1. The highest BCUT2D eigenvalue weighted by Gasteiger charge is 2.30. The van der Waals surface area contributed by atoms with Gasteiger partial charge in [0.05, 0.1) is 5.56 Å². The standard InChI is InChI=1S/C20H30N2O5/c1-14-12-16(6-7-17(14)18(23)24)26-11-10-21-8-9-22(15(2)13-21)19(25)27-20(3,4)5/h6-7,12,15H,8-11,13H2,1-5H3,(H,23,24)/t15-/m1/s1. The van der Waals surface area contributed by atoms with Crippen LogP contribution in [0.15, 0.2) is 18.2 Å². The van der Waals surface area contributed by atoms with Gasteiger partial charge in [-0.15, -0.1) is 0 Å². The van der Waals surface area contributed by atoms with Gasteiger partial charge < -0.3 is 19.5 Å². The highest BCUT2D eigenvalue weighted by molar-refractivity contribution is 5.89. The fourth-order valence-electron chi connectivity index (χ4n) is 3.09. The van der Waals surface area contributed by atoms with Crippen LogP contribution in [0.2, 0.25) is 0 Å². The van der Waals surface area contributed by atoms with Crippen molar-refractivity contribution in [1.29, 1.82) is 0 Å². The fraction of sp³-hybridized carbons (Fsp3) is 0.600. The number of rotatable bonds is 5. The second-order valence-corrected chi connectivity index (χ2v) is 7.95. The van der Waals surface area contributed by atoms with Crippen molar-refractivity contribution in [1.82, 2.24) is 9.80 Å². The number of hydrogen-bond acceptors (Lipinski definition) is 5. The van der Waals surface area contributed by atoms with Crippen LogP contribution < -0.4 is 4.74 Å². The van der Waals surface area contributed by atoms with Crippen molar-refractivity contribution in [2.75, 3.05) is 32.8 Å². The summed E-state index contributed by atoms with van der Waals surface area (Å²) in [7, 11) is 0. The molecule has 2 rings (SSSR count). The minimum absolute atomic E-state index is 0.0747. The van der Waals surface area contributed by atoms with Crippen LogP contribution in [0.3, 0.4) is 0 Å². The average Bonchev–Trinajstić information content (AvgIpc) is 2.53. The number of carboxylic acids is 1. The second-order valence-electron chi connectivity index (χ2n) is 7.95. The van der Waals surface area contributed by atoms with Crippen molar-refractivity contribution in [3.63, 3.8) is 0 Å². The second kappa shape index (κ2) is 8.61. The normalized spacial score (nSPS) is 18.3. The van der Waals surface area contributed by atoms with Crippen molar-refractivity contribution in [2.45, 2.75) is 46.3 Å². The van der Waals surface area contributed by atoms with Crippen LogP contribution in [0.4, 0.5) is 4.79 Å². The Kier molecular flexibility index (Phi) is 6.70. The topological polar surface area (TPSA) is 79.3 Å². The van der Waals surface area contributed by atoms with Crippen molar-refractivity contribution in [3.05, 3.63) is 29.3 Å². The van der Waals surface area contributed by atoms with Gasteiger partial charge in [0.1, 0.15) is 18.0 Å². The number of nitrogens with zero attached hydrogens (tertiary/aromatic N) is 2. The monoisotopic (exact) mass is 378 g/mol. The molecule has 0 radical (unpaired) electrons. The lowest BCUT2D eigenvalue weighted by Crippen LogP contribution is -2.55. The van der Waals surface area contributed by atoms with Crippen molar-refractivity contribution in [2.24, 2.45) is 0 Å². The van der Waals surface area contributed by atoms with E-state index in [1.54, 1.807) is 30.0 Å². The van der Waals surface area contributed by atoms with Crippen LogP contribution in [0.5, 0.6) is 5.75 Å². The lowest BCUT2D eigenvalue weighted by molar-refractivity contribution is 0.000349. The van der Waals surface area contributed by atoms with Gasteiger partial charge in [-0.1, -0.05) is 0 Å². The molecular formula is C20H30N2O5. The minimum atomic E-state index is -0.934. The molecule has 1 aromatic rings. The van der Waals surface area contributed by atoms with Gasteiger partial charge in [-0.05, 0) is 58.4 Å². The van der Waals surface area contributed by atoms with Crippen LogP contribution >= 0.6 is 0 Å². The molecule has 1 aromatic carbocycles. The van der Waals surface area contributed by atoms with Crippen LogP contribution in [-0.2, 0) is 4.74 Å². The zero-order chi connectivity index (χ0) is 20.2. The molecule has 27 heavy (non-hydrogen) atoms. The third-order valence-electron chi connectivity index (χ3n) is 4.44. The molecule has 150 valence electrons. The molecule has 0 unspecified atom stereocenters. The van der Waals surface area contributed by atoms with Crippen LogP contribution in [0, 0.1) is 6.92 Å². The van der Waals surface area contributed by atoms with Gasteiger partial charge in [-0.3, -0.25) is 4.90 Å². The quantitative estimate of drug-likeness (QED) is 0.848. The number of aryl methyl sites for hydroxylation is 1. The summed E-state index contributed by atoms with van der Waals surface area (Å²) in [6.07, 6.45) is -0.264. The smallest absolute Gasteiger partial charge is 0.410 e. The Balaban J connectivity index is 1.79. The fourth-order valence-corrected chi connectivity index (χ4v) is 3.09. The molecule has 1 aliphatic heterocycles. The third-order valence-corrected chi connectivity index (χ3v) is 4.44. The summed E-state index contributed by atoms with van der Waals surface area (Å²) >= 11 is 0. The van der Waals surface area contributed by atoms with E-state index in [2.05, 4.69) is 4.90 Å². The molecule has 1 heterocycles. The maximum absolute atomic E-state index is 12.3. The number of carbonyl (C=O) groups is 2. The lowest BCUT2D eigenvalue weighted by atomic mass is 10.1. The van der Waals surface area contributed by atoms with Gasteiger partial charge in [0.25, 0.3) is 0 Å². The molecule has 7 nitrogen and oxygen atoms in total. The van der Waals surface area contributed by atoms with E-state index in [9.17, 15) is 9.59 Å². The highest BCUT2D eigenvalue weighted by Crippen LogP contribution is 2.18. The number of amides is 1. The molecular weight excluding hydrogens is 348 g/mol. The number of benzene rings is 1. The van der Waals surface area contributed by atoms with Crippen molar-refractivity contribution >= 4 is 12.1 Å². The van der Waals surface area contributed by atoms with Crippen LogP contribution in [0.1, 0.15) is 43.6 Å². The SMILES string of the molecule is Cc1cc(OCCN2CCN(C(=O)OC(C)(C)C)[C@H](C)C2)ccc1C(=O)O. The Morgan fingerprint density at radius 1 is 1.26 bits per heavy atom. The maximum atomic E-state index is 12.3. The molecule has 1 amide bonds. The van der Waals surface area contributed by atoms with E-state index in [0.717, 1.165) is 19.6 Å². The first-order valence-corrected chi connectivity index (χ1v) is 9.25. The Hall–Kier alpha value is -2.28. The molecule has 0 saturated carbocycles. The average molecular weight is 378 g/mol. The predicted molar refractivity (Wildman–Crippen MR) is 102 cm³/mol. The van der Waals surface area contributed by atoms with E-state index in [1.165, 1.54) is 0 Å². The van der Waals surface area contributed by atoms with E-state index in [-0.39, 0.29) is 17.7 Å². The third kappa shape index (κ3) is 6.13. The Morgan fingerprint density at radius 2 is 1.96 bits per heavy atom. The van der Waals surface area contributed by atoms with Gasteiger partial charge in [0.15, 0.2) is 0 Å². The molecule has 1 N–H and O–H groups in total. The summed E-state index contributed by atoms with van der Waals surface area (Å²) in [6, 6.07) is 5.06. The molecule has 0 aromatic heterocycles. The first kappa shape index (κ1) is 21.0. The Morgan fingerprint density at radius 3 is 2.52 bits per heavy atom. The number of ether oxygens (including phenoxy) is 2. The molecule has 1 atom stereocenters. The molecule has 0 spiro atoms. The minimum Gasteiger partial charge on any atom is -0.492 e. The van der Waals surface area contributed by atoms with E-state index >= 15 is 0 Å². The maximum Gasteiger partial charge on any atom is 0.410 e. The lowest BCUT2D eigenvalue weighted by Gasteiger charge is -2.40. The summed E-state index contributed by atoms with van der Waals surface area (Å²) in [4.78, 5) is 27.3. The molecule has 7 heteroatoms. The summed E-state index contributed by atoms with van der Waals surface area (Å²) in [5.41, 5.74) is 0.477. The van der Waals surface area contributed by atoms with Crippen molar-refractivity contribution in [3.8, 4) is 5.75 Å². The zero-order valence-corrected chi connectivity index (χ0v) is 16.8. The first-order valence-electron chi connectivity index (χ1n) is 9.25. The van der Waals surface area contributed by atoms with E-state index in [1.807, 2.05) is 27.7 Å². The molecule has 1 aliphatic rings.